The third-order valence-corrected chi connectivity index (χ3v) is 1.72. The first-order valence-corrected chi connectivity index (χ1v) is 5.53. The minimum Gasteiger partial charge on any atom is -0.491 e. The Hall–Kier alpha value is -1.18. The summed E-state index contributed by atoms with van der Waals surface area (Å²) < 4.78 is 5.53. The van der Waals surface area contributed by atoms with E-state index in [4.69, 9.17) is 4.74 Å². The normalized spacial score (nSPS) is 9.27. The Labute approximate surface area is 93.9 Å². The van der Waals surface area contributed by atoms with Crippen molar-refractivity contribution in [3.8, 4) is 5.75 Å². The lowest BCUT2D eigenvalue weighted by atomic mass is 10.3. The van der Waals surface area contributed by atoms with Gasteiger partial charge in [-0.05, 0) is 38.1 Å². The summed E-state index contributed by atoms with van der Waals surface area (Å²) in [6.45, 7) is 8.06. The van der Waals surface area contributed by atoms with Crippen molar-refractivity contribution in [2.45, 2.75) is 33.8 Å². The molecule has 0 aliphatic rings. The molecule has 0 aliphatic heterocycles. The van der Waals surface area contributed by atoms with Crippen molar-refractivity contribution in [1.82, 2.24) is 0 Å². The first-order valence-electron chi connectivity index (χ1n) is 5.53. The zero-order valence-electron chi connectivity index (χ0n) is 10.7. The number of rotatable bonds is 3. The maximum absolute atomic E-state index is 5.53. The summed E-state index contributed by atoms with van der Waals surface area (Å²) in [5.41, 5.74) is 1.19. The number of ether oxygens (including phenoxy) is 1. The van der Waals surface area contributed by atoms with Gasteiger partial charge in [-0.1, -0.05) is 13.8 Å². The van der Waals surface area contributed by atoms with Crippen LogP contribution in [0.15, 0.2) is 24.3 Å². The molecule has 0 N–H and O–H groups in total. The van der Waals surface area contributed by atoms with Gasteiger partial charge < -0.3 is 9.64 Å². The molecule has 0 fully saturated rings. The van der Waals surface area contributed by atoms with Gasteiger partial charge in [-0.3, -0.25) is 0 Å². The van der Waals surface area contributed by atoms with Crippen LogP contribution in [0.3, 0.4) is 0 Å². The topological polar surface area (TPSA) is 12.5 Å². The predicted molar refractivity (Wildman–Crippen MR) is 67.9 cm³/mol. The number of hydrogen-bond donors (Lipinski definition) is 0. The highest BCUT2D eigenvalue weighted by Crippen LogP contribution is 2.18. The summed E-state index contributed by atoms with van der Waals surface area (Å²) in [6, 6.07) is 8.10. The number of benzene rings is 1. The first kappa shape index (κ1) is 13.8. The first-order chi connectivity index (χ1) is 7.09. The van der Waals surface area contributed by atoms with Crippen LogP contribution in [0.5, 0.6) is 5.75 Å². The molecule has 0 aliphatic carbocycles. The Morgan fingerprint density at radius 2 is 1.47 bits per heavy atom. The molecule has 0 saturated carbocycles. The third kappa shape index (κ3) is 5.31. The molecule has 0 unspecified atom stereocenters. The van der Waals surface area contributed by atoms with Crippen LogP contribution in [0.1, 0.15) is 27.7 Å². The van der Waals surface area contributed by atoms with E-state index in [2.05, 4.69) is 17.0 Å². The molecule has 0 atom stereocenters. The van der Waals surface area contributed by atoms with Crippen LogP contribution in [0.4, 0.5) is 5.69 Å². The van der Waals surface area contributed by atoms with Gasteiger partial charge in [-0.2, -0.15) is 0 Å². The van der Waals surface area contributed by atoms with Gasteiger partial charge in [0, 0.05) is 19.8 Å². The summed E-state index contributed by atoms with van der Waals surface area (Å²) in [7, 11) is 4.05. The molecule has 1 rings (SSSR count). The Morgan fingerprint density at radius 1 is 1.00 bits per heavy atom. The molecule has 0 spiro atoms. The van der Waals surface area contributed by atoms with Gasteiger partial charge in [-0.25, -0.2) is 0 Å². The molecule has 0 aromatic heterocycles. The lowest BCUT2D eigenvalue weighted by molar-refractivity contribution is 0.242. The van der Waals surface area contributed by atoms with E-state index >= 15 is 0 Å². The monoisotopic (exact) mass is 209 g/mol. The van der Waals surface area contributed by atoms with E-state index in [0.717, 1.165) is 5.75 Å². The van der Waals surface area contributed by atoms with E-state index in [1.807, 2.05) is 53.9 Å². The van der Waals surface area contributed by atoms with E-state index < -0.39 is 0 Å². The summed E-state index contributed by atoms with van der Waals surface area (Å²) in [6.07, 6.45) is 0.241. The second-order valence-corrected chi connectivity index (χ2v) is 3.55. The molecule has 0 radical (unpaired) electrons. The van der Waals surface area contributed by atoms with Crippen LogP contribution in [0.2, 0.25) is 0 Å². The van der Waals surface area contributed by atoms with Crippen LogP contribution in [-0.4, -0.2) is 20.2 Å². The minimum atomic E-state index is 0.241. The van der Waals surface area contributed by atoms with E-state index in [9.17, 15) is 0 Å². The average molecular weight is 209 g/mol. The largest absolute Gasteiger partial charge is 0.491 e. The third-order valence-electron chi connectivity index (χ3n) is 1.72. The lowest BCUT2D eigenvalue weighted by Crippen LogP contribution is -2.09. The number of nitrogens with zero attached hydrogens (tertiary/aromatic N) is 1. The Balaban J connectivity index is 0.000000921. The van der Waals surface area contributed by atoms with Gasteiger partial charge in [0.2, 0.25) is 0 Å². The Morgan fingerprint density at radius 3 is 1.80 bits per heavy atom. The maximum Gasteiger partial charge on any atom is 0.119 e. The van der Waals surface area contributed by atoms with Crippen molar-refractivity contribution in [2.24, 2.45) is 0 Å². The van der Waals surface area contributed by atoms with Gasteiger partial charge >= 0.3 is 0 Å². The van der Waals surface area contributed by atoms with Crippen LogP contribution in [0.25, 0.3) is 0 Å². The Kier molecular flexibility index (Phi) is 6.59. The van der Waals surface area contributed by atoms with E-state index in [-0.39, 0.29) is 6.10 Å². The molecule has 2 heteroatoms. The van der Waals surface area contributed by atoms with Crippen LogP contribution in [-0.2, 0) is 0 Å². The SMILES string of the molecule is CC.CC(C)Oc1ccc(N(C)C)cc1. The summed E-state index contributed by atoms with van der Waals surface area (Å²) in [5.74, 6) is 0.931. The lowest BCUT2D eigenvalue weighted by Gasteiger charge is -2.14. The quantitative estimate of drug-likeness (QED) is 0.754. The average Bonchev–Trinajstić information content (AvgIpc) is 2.20. The van der Waals surface area contributed by atoms with Gasteiger partial charge in [0.1, 0.15) is 5.75 Å². The molecule has 0 heterocycles. The zero-order chi connectivity index (χ0) is 11.8. The fourth-order valence-electron chi connectivity index (χ4n) is 1.10. The summed E-state index contributed by atoms with van der Waals surface area (Å²) >= 11 is 0. The molecule has 0 amide bonds. The van der Waals surface area contributed by atoms with Gasteiger partial charge in [0.25, 0.3) is 0 Å². The van der Waals surface area contributed by atoms with E-state index in [0.29, 0.717) is 0 Å². The highest BCUT2D eigenvalue weighted by Gasteiger charge is 1.98. The summed E-state index contributed by atoms with van der Waals surface area (Å²) in [4.78, 5) is 2.07. The van der Waals surface area contributed by atoms with Crippen molar-refractivity contribution in [3.63, 3.8) is 0 Å². The second-order valence-electron chi connectivity index (χ2n) is 3.55. The highest BCUT2D eigenvalue weighted by molar-refractivity contribution is 5.47. The van der Waals surface area contributed by atoms with Crippen LogP contribution < -0.4 is 9.64 Å². The molecule has 0 saturated heterocycles. The zero-order valence-corrected chi connectivity index (χ0v) is 10.7. The summed E-state index contributed by atoms with van der Waals surface area (Å²) in [5, 5.41) is 0. The fraction of sp³-hybridized carbons (Fsp3) is 0.538. The molecular formula is C13H23NO. The molecule has 86 valence electrons. The molecule has 1 aromatic carbocycles. The predicted octanol–water partition coefficient (Wildman–Crippen LogP) is 3.57. The minimum absolute atomic E-state index is 0.241. The number of hydrogen-bond acceptors (Lipinski definition) is 2. The van der Waals surface area contributed by atoms with E-state index in [1.165, 1.54) is 5.69 Å². The fourth-order valence-corrected chi connectivity index (χ4v) is 1.10. The molecule has 15 heavy (non-hydrogen) atoms. The highest BCUT2D eigenvalue weighted by atomic mass is 16.5. The van der Waals surface area contributed by atoms with Crippen LogP contribution in [0, 0.1) is 0 Å². The van der Waals surface area contributed by atoms with Crippen molar-refractivity contribution in [3.05, 3.63) is 24.3 Å². The van der Waals surface area contributed by atoms with Crippen molar-refractivity contribution >= 4 is 5.69 Å². The van der Waals surface area contributed by atoms with Gasteiger partial charge in [-0.15, -0.1) is 0 Å². The molecule has 0 bridgehead atoms. The van der Waals surface area contributed by atoms with Gasteiger partial charge in [0.15, 0.2) is 0 Å². The standard InChI is InChI=1S/C11H17NO.C2H6/c1-9(2)13-11-7-5-10(6-8-11)12(3)4;1-2/h5-9H,1-4H3;1-2H3. The smallest absolute Gasteiger partial charge is 0.119 e. The van der Waals surface area contributed by atoms with Crippen molar-refractivity contribution in [1.29, 1.82) is 0 Å². The van der Waals surface area contributed by atoms with Crippen molar-refractivity contribution < 1.29 is 4.74 Å². The molecular weight excluding hydrogens is 186 g/mol. The van der Waals surface area contributed by atoms with Gasteiger partial charge in [0.05, 0.1) is 6.10 Å². The Bertz CT molecular complexity index is 252. The molecule has 1 aromatic rings. The maximum atomic E-state index is 5.53. The molecule has 2 nitrogen and oxygen atoms in total. The van der Waals surface area contributed by atoms with Crippen LogP contribution >= 0.6 is 0 Å². The number of anilines is 1. The van der Waals surface area contributed by atoms with E-state index in [1.54, 1.807) is 0 Å². The van der Waals surface area contributed by atoms with Crippen molar-refractivity contribution in [2.75, 3.05) is 19.0 Å². The second kappa shape index (κ2) is 7.16.